The van der Waals surface area contributed by atoms with Crippen molar-refractivity contribution in [3.63, 3.8) is 0 Å². The molecule has 0 bridgehead atoms. The van der Waals surface area contributed by atoms with Gasteiger partial charge in [-0.3, -0.25) is 4.98 Å². The molecule has 28 heavy (non-hydrogen) atoms. The fraction of sp³-hybridized carbons (Fsp3) is 0.211. The van der Waals surface area contributed by atoms with Crippen LogP contribution in [0.4, 0.5) is 4.39 Å². The number of aromatic nitrogens is 3. The van der Waals surface area contributed by atoms with Crippen LogP contribution in [0.2, 0.25) is 0 Å². The number of nitrogens with zero attached hydrogens (tertiary/aromatic N) is 3. The highest BCUT2D eigenvalue weighted by molar-refractivity contribution is 7.89. The SMILES string of the molecule is Cc1ncc(-c2ncc(-c3ccccc3S(=O)(=O)NC[C@H](C)O)cc2F)cn1. The first-order valence-electron chi connectivity index (χ1n) is 8.49. The van der Waals surface area contributed by atoms with Crippen LogP contribution in [-0.2, 0) is 10.0 Å². The number of hydrogen-bond acceptors (Lipinski definition) is 6. The maximum Gasteiger partial charge on any atom is 0.241 e. The van der Waals surface area contributed by atoms with E-state index in [1.165, 1.54) is 37.6 Å². The highest BCUT2D eigenvalue weighted by Gasteiger charge is 2.20. The largest absolute Gasteiger partial charge is 0.392 e. The zero-order valence-electron chi connectivity index (χ0n) is 15.3. The Morgan fingerprint density at radius 1 is 1.11 bits per heavy atom. The van der Waals surface area contributed by atoms with Crippen LogP contribution in [0.5, 0.6) is 0 Å². The van der Waals surface area contributed by atoms with E-state index < -0.39 is 21.9 Å². The second-order valence-electron chi connectivity index (χ2n) is 6.27. The topological polar surface area (TPSA) is 105 Å². The summed E-state index contributed by atoms with van der Waals surface area (Å²) in [7, 11) is -3.89. The molecule has 2 heterocycles. The first-order valence-corrected chi connectivity index (χ1v) is 9.98. The number of aliphatic hydroxyl groups is 1. The van der Waals surface area contributed by atoms with Crippen molar-refractivity contribution in [1.29, 1.82) is 0 Å². The van der Waals surface area contributed by atoms with Gasteiger partial charge >= 0.3 is 0 Å². The average Bonchev–Trinajstić information content (AvgIpc) is 2.67. The zero-order valence-corrected chi connectivity index (χ0v) is 16.1. The van der Waals surface area contributed by atoms with E-state index in [0.717, 1.165) is 0 Å². The molecular weight excluding hydrogens is 383 g/mol. The number of benzene rings is 1. The monoisotopic (exact) mass is 402 g/mol. The quantitative estimate of drug-likeness (QED) is 0.656. The Kier molecular flexibility index (Phi) is 5.78. The van der Waals surface area contributed by atoms with E-state index in [4.69, 9.17) is 0 Å². The standard InChI is InChI=1S/C19H19FN4O3S/c1-12(25)8-24-28(26,27)18-6-4-3-5-16(18)14-7-17(20)19(23-9-14)15-10-21-13(2)22-11-15/h3-7,9-12,24-25H,8H2,1-2H3/t12-/m0/s1. The Hall–Kier alpha value is -2.75. The van der Waals surface area contributed by atoms with Gasteiger partial charge in [0, 0.05) is 41.8 Å². The van der Waals surface area contributed by atoms with Crippen LogP contribution in [0.25, 0.3) is 22.4 Å². The van der Waals surface area contributed by atoms with Crippen molar-refractivity contribution in [3.05, 3.63) is 60.6 Å². The van der Waals surface area contributed by atoms with E-state index in [1.807, 2.05) is 0 Å². The Morgan fingerprint density at radius 2 is 1.75 bits per heavy atom. The first-order chi connectivity index (χ1) is 13.3. The van der Waals surface area contributed by atoms with Crippen molar-refractivity contribution in [2.24, 2.45) is 0 Å². The molecule has 0 amide bonds. The maximum atomic E-state index is 14.7. The minimum Gasteiger partial charge on any atom is -0.392 e. The summed E-state index contributed by atoms with van der Waals surface area (Å²) in [5.41, 5.74) is 1.12. The summed E-state index contributed by atoms with van der Waals surface area (Å²) in [6, 6.07) is 7.44. The number of hydrogen-bond donors (Lipinski definition) is 2. The highest BCUT2D eigenvalue weighted by atomic mass is 32.2. The summed E-state index contributed by atoms with van der Waals surface area (Å²) in [5, 5.41) is 9.34. The lowest BCUT2D eigenvalue weighted by atomic mass is 10.1. The molecule has 3 rings (SSSR count). The Bertz CT molecular complexity index is 1090. The fourth-order valence-electron chi connectivity index (χ4n) is 2.56. The normalized spacial score (nSPS) is 12.7. The van der Waals surface area contributed by atoms with Crippen molar-refractivity contribution in [3.8, 4) is 22.4 Å². The van der Waals surface area contributed by atoms with Crippen LogP contribution in [-0.4, -0.2) is 41.1 Å². The molecule has 0 saturated carbocycles. The lowest BCUT2D eigenvalue weighted by Crippen LogP contribution is -2.31. The predicted octanol–water partition coefficient (Wildman–Crippen LogP) is 2.31. The van der Waals surface area contributed by atoms with Crippen LogP contribution in [0.15, 0.2) is 53.8 Å². The van der Waals surface area contributed by atoms with Crippen molar-refractivity contribution >= 4 is 10.0 Å². The molecule has 0 fully saturated rings. The second kappa shape index (κ2) is 8.09. The highest BCUT2D eigenvalue weighted by Crippen LogP contribution is 2.29. The number of aliphatic hydroxyl groups excluding tert-OH is 1. The first kappa shape index (κ1) is 20.0. The molecule has 146 valence electrons. The number of halogens is 1. The number of pyridine rings is 1. The molecule has 0 unspecified atom stereocenters. The Labute approximate surface area is 162 Å². The Balaban J connectivity index is 2.01. The molecule has 3 aromatic rings. The molecule has 1 aromatic carbocycles. The molecule has 0 aliphatic carbocycles. The van der Waals surface area contributed by atoms with Gasteiger partial charge in [0.2, 0.25) is 10.0 Å². The van der Waals surface area contributed by atoms with Crippen molar-refractivity contribution in [1.82, 2.24) is 19.7 Å². The number of aryl methyl sites for hydroxylation is 1. The predicted molar refractivity (Wildman–Crippen MR) is 102 cm³/mol. The molecule has 0 radical (unpaired) electrons. The van der Waals surface area contributed by atoms with E-state index in [-0.39, 0.29) is 17.1 Å². The van der Waals surface area contributed by atoms with Crippen LogP contribution >= 0.6 is 0 Å². The summed E-state index contributed by atoms with van der Waals surface area (Å²) < 4.78 is 42.2. The molecule has 1 atom stereocenters. The van der Waals surface area contributed by atoms with E-state index in [0.29, 0.717) is 22.5 Å². The molecule has 2 aromatic heterocycles. The summed E-state index contributed by atoms with van der Waals surface area (Å²) in [4.78, 5) is 12.2. The molecule has 0 aliphatic heterocycles. The van der Waals surface area contributed by atoms with Gasteiger partial charge in [-0.25, -0.2) is 27.5 Å². The summed E-state index contributed by atoms with van der Waals surface area (Å²) in [6.45, 7) is 3.07. The van der Waals surface area contributed by atoms with Gasteiger partial charge in [-0.05, 0) is 26.0 Å². The smallest absolute Gasteiger partial charge is 0.241 e. The Morgan fingerprint density at radius 3 is 2.39 bits per heavy atom. The van der Waals surface area contributed by atoms with Gasteiger partial charge in [-0.15, -0.1) is 0 Å². The fourth-order valence-corrected chi connectivity index (χ4v) is 3.91. The zero-order chi connectivity index (χ0) is 20.3. The minimum absolute atomic E-state index is 0.0248. The van der Waals surface area contributed by atoms with Gasteiger partial charge in [0.1, 0.15) is 17.3 Å². The van der Waals surface area contributed by atoms with Gasteiger partial charge < -0.3 is 5.11 Å². The van der Waals surface area contributed by atoms with Gasteiger partial charge in [-0.2, -0.15) is 0 Å². The molecule has 0 spiro atoms. The molecule has 0 saturated heterocycles. The van der Waals surface area contributed by atoms with Crippen LogP contribution in [0.3, 0.4) is 0 Å². The number of nitrogens with one attached hydrogen (secondary N) is 1. The maximum absolute atomic E-state index is 14.7. The van der Waals surface area contributed by atoms with Crippen molar-refractivity contribution < 1.29 is 17.9 Å². The van der Waals surface area contributed by atoms with Gasteiger partial charge in [0.25, 0.3) is 0 Å². The summed E-state index contributed by atoms with van der Waals surface area (Å²) in [6.07, 6.45) is 3.52. The van der Waals surface area contributed by atoms with Crippen LogP contribution in [0.1, 0.15) is 12.7 Å². The molecule has 9 heteroatoms. The lowest BCUT2D eigenvalue weighted by Gasteiger charge is -2.13. The molecule has 7 nitrogen and oxygen atoms in total. The number of rotatable bonds is 6. The minimum atomic E-state index is -3.89. The van der Waals surface area contributed by atoms with Gasteiger partial charge in [0.15, 0.2) is 0 Å². The third-order valence-electron chi connectivity index (χ3n) is 3.95. The number of sulfonamides is 1. The second-order valence-corrected chi connectivity index (χ2v) is 8.01. The van der Waals surface area contributed by atoms with Crippen LogP contribution in [0, 0.1) is 12.7 Å². The van der Waals surface area contributed by atoms with E-state index in [1.54, 1.807) is 25.1 Å². The summed E-state index contributed by atoms with van der Waals surface area (Å²) >= 11 is 0. The third-order valence-corrected chi connectivity index (χ3v) is 5.43. The van der Waals surface area contributed by atoms with E-state index >= 15 is 0 Å². The van der Waals surface area contributed by atoms with Crippen molar-refractivity contribution in [2.75, 3.05) is 6.54 Å². The van der Waals surface area contributed by atoms with Crippen molar-refractivity contribution in [2.45, 2.75) is 24.8 Å². The molecule has 0 aliphatic rings. The van der Waals surface area contributed by atoms with Crippen LogP contribution < -0.4 is 4.72 Å². The van der Waals surface area contributed by atoms with Gasteiger partial charge in [-0.1, -0.05) is 18.2 Å². The third kappa shape index (κ3) is 4.38. The lowest BCUT2D eigenvalue weighted by molar-refractivity contribution is 0.198. The summed E-state index contributed by atoms with van der Waals surface area (Å²) in [5.74, 6) is -0.0568. The average molecular weight is 402 g/mol. The van der Waals surface area contributed by atoms with E-state index in [9.17, 15) is 17.9 Å². The van der Waals surface area contributed by atoms with E-state index in [2.05, 4.69) is 19.7 Å². The molecule has 2 N–H and O–H groups in total. The molecular formula is C19H19FN4O3S. The van der Waals surface area contributed by atoms with Gasteiger partial charge in [0.05, 0.1) is 11.0 Å².